The zero-order valence-electron chi connectivity index (χ0n) is 9.79. The molecule has 0 aliphatic heterocycles. The van der Waals surface area contributed by atoms with Crippen LogP contribution in [0.15, 0.2) is 24.0 Å². The molecule has 1 N–H and O–H groups in total. The molecule has 0 saturated heterocycles. The number of thiazole rings is 1. The monoisotopic (exact) mass is 264 g/mol. The minimum absolute atomic E-state index is 0.187. The van der Waals surface area contributed by atoms with E-state index in [2.05, 4.69) is 20.3 Å². The van der Waals surface area contributed by atoms with E-state index in [1.54, 1.807) is 25.5 Å². The van der Waals surface area contributed by atoms with Gasteiger partial charge in [-0.1, -0.05) is 0 Å². The molecule has 2 rings (SSSR count). The van der Waals surface area contributed by atoms with Gasteiger partial charge >= 0.3 is 5.97 Å². The van der Waals surface area contributed by atoms with E-state index in [1.165, 1.54) is 11.3 Å². The van der Waals surface area contributed by atoms with E-state index in [0.29, 0.717) is 23.3 Å². The molecule has 2 aromatic rings. The predicted molar refractivity (Wildman–Crippen MR) is 67.8 cm³/mol. The highest BCUT2D eigenvalue weighted by molar-refractivity contribution is 7.13. The SMILES string of the molecule is CCOC(=O)Cc1csc(Nc2cnccn2)n1. The fourth-order valence-electron chi connectivity index (χ4n) is 1.28. The number of carbonyl (C=O) groups excluding carboxylic acids is 1. The maximum Gasteiger partial charge on any atom is 0.311 e. The number of ether oxygens (including phenoxy) is 1. The number of nitrogens with zero attached hydrogens (tertiary/aromatic N) is 3. The van der Waals surface area contributed by atoms with Gasteiger partial charge in [0.1, 0.15) is 0 Å². The van der Waals surface area contributed by atoms with Gasteiger partial charge in [-0.3, -0.25) is 9.78 Å². The molecule has 0 aromatic carbocycles. The van der Waals surface area contributed by atoms with E-state index in [-0.39, 0.29) is 12.4 Å². The van der Waals surface area contributed by atoms with Crippen LogP contribution in [0.25, 0.3) is 0 Å². The number of hydrogen-bond acceptors (Lipinski definition) is 7. The number of anilines is 2. The molecule has 7 heteroatoms. The summed E-state index contributed by atoms with van der Waals surface area (Å²) in [4.78, 5) is 23.6. The maximum atomic E-state index is 11.3. The third-order valence-corrected chi connectivity index (χ3v) is 2.79. The first kappa shape index (κ1) is 12.4. The lowest BCUT2D eigenvalue weighted by Gasteiger charge is -1.99. The molecule has 0 bridgehead atoms. The topological polar surface area (TPSA) is 77.0 Å². The molecule has 0 spiro atoms. The lowest BCUT2D eigenvalue weighted by atomic mass is 10.3. The van der Waals surface area contributed by atoms with Crippen molar-refractivity contribution in [3.8, 4) is 0 Å². The number of rotatable bonds is 5. The van der Waals surface area contributed by atoms with E-state index in [4.69, 9.17) is 4.74 Å². The second kappa shape index (κ2) is 6.06. The summed E-state index contributed by atoms with van der Waals surface area (Å²) in [7, 11) is 0. The molecule has 2 heterocycles. The summed E-state index contributed by atoms with van der Waals surface area (Å²) in [6, 6.07) is 0. The molecule has 0 saturated carbocycles. The van der Waals surface area contributed by atoms with Crippen molar-refractivity contribution in [1.82, 2.24) is 15.0 Å². The Kier molecular flexibility index (Phi) is 4.19. The molecule has 0 unspecified atom stereocenters. The molecule has 6 nitrogen and oxygen atoms in total. The van der Waals surface area contributed by atoms with Crippen molar-refractivity contribution in [2.24, 2.45) is 0 Å². The molecule has 18 heavy (non-hydrogen) atoms. The van der Waals surface area contributed by atoms with Crippen LogP contribution >= 0.6 is 11.3 Å². The van der Waals surface area contributed by atoms with Crippen molar-refractivity contribution in [3.63, 3.8) is 0 Å². The lowest BCUT2D eigenvalue weighted by molar-refractivity contribution is -0.142. The highest BCUT2D eigenvalue weighted by Gasteiger charge is 2.08. The Morgan fingerprint density at radius 3 is 3.11 bits per heavy atom. The van der Waals surface area contributed by atoms with Crippen LogP contribution in [0, 0.1) is 0 Å². The summed E-state index contributed by atoms with van der Waals surface area (Å²) < 4.78 is 4.86. The van der Waals surface area contributed by atoms with Gasteiger partial charge in [-0.15, -0.1) is 11.3 Å². The Morgan fingerprint density at radius 1 is 1.50 bits per heavy atom. The molecule has 0 radical (unpaired) electrons. The molecule has 0 amide bonds. The van der Waals surface area contributed by atoms with Crippen LogP contribution in [-0.2, 0) is 16.0 Å². The normalized spacial score (nSPS) is 10.1. The van der Waals surface area contributed by atoms with E-state index < -0.39 is 0 Å². The summed E-state index contributed by atoms with van der Waals surface area (Å²) in [6.07, 6.45) is 4.98. The smallest absolute Gasteiger partial charge is 0.311 e. The molecular formula is C11H12N4O2S. The summed E-state index contributed by atoms with van der Waals surface area (Å²) >= 11 is 1.41. The van der Waals surface area contributed by atoms with E-state index in [9.17, 15) is 4.79 Å². The molecule has 0 aliphatic rings. The van der Waals surface area contributed by atoms with Gasteiger partial charge in [0.05, 0.1) is 24.9 Å². The zero-order valence-corrected chi connectivity index (χ0v) is 10.6. The predicted octanol–water partition coefficient (Wildman–Crippen LogP) is 1.78. The van der Waals surface area contributed by atoms with Crippen molar-refractivity contribution in [3.05, 3.63) is 29.7 Å². The summed E-state index contributed by atoms with van der Waals surface area (Å²) in [5, 5.41) is 5.50. The second-order valence-electron chi connectivity index (χ2n) is 3.34. The minimum atomic E-state index is -0.270. The third kappa shape index (κ3) is 3.49. The van der Waals surface area contributed by atoms with Gasteiger partial charge in [-0.2, -0.15) is 0 Å². The van der Waals surface area contributed by atoms with Crippen molar-refractivity contribution < 1.29 is 9.53 Å². The van der Waals surface area contributed by atoms with E-state index >= 15 is 0 Å². The molecule has 0 aliphatic carbocycles. The van der Waals surface area contributed by atoms with Crippen LogP contribution < -0.4 is 5.32 Å². The number of nitrogens with one attached hydrogen (secondary N) is 1. The molecule has 2 aromatic heterocycles. The highest BCUT2D eigenvalue weighted by Crippen LogP contribution is 2.19. The minimum Gasteiger partial charge on any atom is -0.466 e. The quantitative estimate of drug-likeness (QED) is 0.829. The van der Waals surface area contributed by atoms with Crippen LogP contribution in [0.5, 0.6) is 0 Å². The van der Waals surface area contributed by atoms with Gasteiger partial charge in [0, 0.05) is 17.8 Å². The van der Waals surface area contributed by atoms with Crippen molar-refractivity contribution in [1.29, 1.82) is 0 Å². The fourth-order valence-corrected chi connectivity index (χ4v) is 2.00. The molecule has 94 valence electrons. The Balaban J connectivity index is 1.96. The van der Waals surface area contributed by atoms with Crippen LogP contribution in [-0.4, -0.2) is 27.5 Å². The van der Waals surface area contributed by atoms with E-state index in [1.807, 2.05) is 5.38 Å². The van der Waals surface area contributed by atoms with Gasteiger partial charge in [0.2, 0.25) is 0 Å². The maximum absolute atomic E-state index is 11.3. The van der Waals surface area contributed by atoms with Crippen LogP contribution in [0.2, 0.25) is 0 Å². The second-order valence-corrected chi connectivity index (χ2v) is 4.20. The van der Waals surface area contributed by atoms with Gasteiger partial charge < -0.3 is 10.1 Å². The largest absolute Gasteiger partial charge is 0.466 e. The summed E-state index contributed by atoms with van der Waals surface area (Å²) in [5.41, 5.74) is 0.685. The Morgan fingerprint density at radius 2 is 2.39 bits per heavy atom. The molecule has 0 atom stereocenters. The fraction of sp³-hybridized carbons (Fsp3) is 0.273. The Bertz CT molecular complexity index is 515. The third-order valence-electron chi connectivity index (χ3n) is 1.98. The lowest BCUT2D eigenvalue weighted by Crippen LogP contribution is -2.07. The van der Waals surface area contributed by atoms with Crippen molar-refractivity contribution in [2.45, 2.75) is 13.3 Å². The first-order valence-corrected chi connectivity index (χ1v) is 6.29. The van der Waals surface area contributed by atoms with Crippen LogP contribution in [0.1, 0.15) is 12.6 Å². The van der Waals surface area contributed by atoms with E-state index in [0.717, 1.165) is 0 Å². The number of hydrogen-bond donors (Lipinski definition) is 1. The number of aromatic nitrogens is 3. The zero-order chi connectivity index (χ0) is 12.8. The number of carbonyl (C=O) groups is 1. The molecule has 0 fully saturated rings. The summed E-state index contributed by atoms with van der Waals surface area (Å²) in [6.45, 7) is 2.16. The van der Waals surface area contributed by atoms with Crippen molar-refractivity contribution in [2.75, 3.05) is 11.9 Å². The Hall–Kier alpha value is -2.02. The molecular weight excluding hydrogens is 252 g/mol. The first-order valence-electron chi connectivity index (χ1n) is 5.41. The van der Waals surface area contributed by atoms with Gasteiger partial charge in [-0.25, -0.2) is 9.97 Å². The number of esters is 1. The first-order chi connectivity index (χ1) is 8.78. The standard InChI is InChI=1S/C11H12N4O2S/c1-2-17-10(16)5-8-7-18-11(14-8)15-9-6-12-3-4-13-9/h3-4,6-7H,2,5H2,1H3,(H,13,14,15). The Labute approximate surface area is 108 Å². The van der Waals surface area contributed by atoms with Gasteiger partial charge in [-0.05, 0) is 6.92 Å². The highest BCUT2D eigenvalue weighted by atomic mass is 32.1. The average Bonchev–Trinajstić information content (AvgIpc) is 2.78. The van der Waals surface area contributed by atoms with Crippen LogP contribution in [0.4, 0.5) is 10.9 Å². The van der Waals surface area contributed by atoms with Crippen molar-refractivity contribution >= 4 is 28.3 Å². The summed E-state index contributed by atoms with van der Waals surface area (Å²) in [5.74, 6) is 0.350. The average molecular weight is 264 g/mol. The van der Waals surface area contributed by atoms with Gasteiger partial charge in [0.15, 0.2) is 10.9 Å². The van der Waals surface area contributed by atoms with Crippen LogP contribution in [0.3, 0.4) is 0 Å². The van der Waals surface area contributed by atoms with Gasteiger partial charge in [0.25, 0.3) is 0 Å².